The molecule has 0 fully saturated rings. The Hall–Kier alpha value is -3.71. The van der Waals surface area contributed by atoms with Crippen LogP contribution in [0.25, 0.3) is 0 Å². The number of benzene rings is 2. The van der Waals surface area contributed by atoms with Crippen LogP contribution in [0.15, 0.2) is 48.5 Å². The molecule has 0 aliphatic heterocycles. The first kappa shape index (κ1) is 26.5. The third-order valence-electron chi connectivity index (χ3n) is 5.16. The number of nitrogens with one attached hydrogen (secondary N) is 3. The van der Waals surface area contributed by atoms with Gasteiger partial charge in [0.1, 0.15) is 6.04 Å². The summed E-state index contributed by atoms with van der Waals surface area (Å²) in [5, 5.41) is 14.0. The number of hydrogen-bond acceptors (Lipinski definition) is 6. The van der Waals surface area contributed by atoms with Crippen LogP contribution < -0.4 is 21.8 Å². The summed E-state index contributed by atoms with van der Waals surface area (Å²) < 4.78 is 0. The summed E-state index contributed by atoms with van der Waals surface area (Å²) >= 11 is 0. The fourth-order valence-electron chi connectivity index (χ4n) is 2.69. The number of rotatable bonds is 7. The molecule has 9 nitrogen and oxygen atoms in total. The van der Waals surface area contributed by atoms with Gasteiger partial charge in [-0.2, -0.15) is 0 Å². The van der Waals surface area contributed by atoms with E-state index in [-0.39, 0.29) is 18.0 Å². The van der Waals surface area contributed by atoms with E-state index in [0.29, 0.717) is 23.4 Å². The van der Waals surface area contributed by atoms with E-state index in [9.17, 15) is 14.4 Å². The lowest BCUT2D eigenvalue weighted by molar-refractivity contribution is -0.130. The van der Waals surface area contributed by atoms with E-state index >= 15 is 0 Å². The van der Waals surface area contributed by atoms with Crippen molar-refractivity contribution in [3.05, 3.63) is 65.2 Å². The summed E-state index contributed by atoms with van der Waals surface area (Å²) in [6, 6.07) is 12.7. The summed E-state index contributed by atoms with van der Waals surface area (Å²) in [6.07, 6.45) is 0. The number of amides is 3. The summed E-state index contributed by atoms with van der Waals surface area (Å²) in [5.41, 5.74) is 9.29. The molecule has 0 radical (unpaired) electrons. The minimum atomic E-state index is -1.04. The molecule has 0 unspecified atom stereocenters. The Kier molecular flexibility index (Phi) is 9.33. The van der Waals surface area contributed by atoms with Gasteiger partial charge in [-0.25, -0.2) is 5.48 Å². The van der Waals surface area contributed by atoms with Gasteiger partial charge in [0.15, 0.2) is 0 Å². The third-order valence-corrected chi connectivity index (χ3v) is 5.16. The number of carbonyl (C=O) groups is 3. The average Bonchev–Trinajstić information content (AvgIpc) is 2.81. The molecular formula is C25H31N5O4. The number of carbonyl (C=O) groups excluding carboxylic acids is 3. The minimum Gasteiger partial charge on any atom is -0.339 e. The standard InChI is InChI=1S/C25H31N5O4/c1-25(2,3)30(4)16-22(31)27-20-13-9-18(10-14-20)6-5-17-7-11-19(12-8-17)23(32)28-21(15-26)24(33)29-34/h7-14,21,34H,15-16,26H2,1-4H3,(H,27,31)(H,28,32)(H,29,33)/t21-/m0/s1. The van der Waals surface area contributed by atoms with Crippen molar-refractivity contribution < 1.29 is 19.6 Å². The van der Waals surface area contributed by atoms with Crippen LogP contribution in [0.1, 0.15) is 42.3 Å². The zero-order valence-electron chi connectivity index (χ0n) is 19.8. The van der Waals surface area contributed by atoms with Gasteiger partial charge in [-0.3, -0.25) is 24.5 Å². The van der Waals surface area contributed by atoms with Gasteiger partial charge in [-0.15, -0.1) is 0 Å². The first-order chi connectivity index (χ1) is 16.0. The first-order valence-corrected chi connectivity index (χ1v) is 10.7. The van der Waals surface area contributed by atoms with Crippen LogP contribution in [0.4, 0.5) is 5.69 Å². The third kappa shape index (κ3) is 8.01. The molecule has 0 aromatic heterocycles. The average molecular weight is 466 g/mol. The lowest BCUT2D eigenvalue weighted by Gasteiger charge is -2.31. The maximum Gasteiger partial charge on any atom is 0.267 e. The first-order valence-electron chi connectivity index (χ1n) is 10.7. The lowest BCUT2D eigenvalue weighted by atomic mass is 10.1. The van der Waals surface area contributed by atoms with Crippen molar-refractivity contribution in [3.63, 3.8) is 0 Å². The van der Waals surface area contributed by atoms with Crippen LogP contribution >= 0.6 is 0 Å². The molecule has 180 valence electrons. The summed E-state index contributed by atoms with van der Waals surface area (Å²) in [7, 11) is 1.91. The maximum absolute atomic E-state index is 12.2. The van der Waals surface area contributed by atoms with Gasteiger partial charge in [0.05, 0.1) is 6.54 Å². The fourth-order valence-corrected chi connectivity index (χ4v) is 2.69. The van der Waals surface area contributed by atoms with E-state index in [2.05, 4.69) is 22.5 Å². The Morgan fingerprint density at radius 2 is 1.53 bits per heavy atom. The van der Waals surface area contributed by atoms with Gasteiger partial charge in [0.2, 0.25) is 5.91 Å². The molecule has 0 bridgehead atoms. The Morgan fingerprint density at radius 1 is 1.00 bits per heavy atom. The summed E-state index contributed by atoms with van der Waals surface area (Å²) in [4.78, 5) is 37.9. The van der Waals surface area contributed by atoms with Gasteiger partial charge >= 0.3 is 0 Å². The lowest BCUT2D eigenvalue weighted by Crippen LogP contribution is -2.50. The largest absolute Gasteiger partial charge is 0.339 e. The van der Waals surface area contributed by atoms with Crippen molar-refractivity contribution in [1.29, 1.82) is 0 Å². The van der Waals surface area contributed by atoms with Gasteiger partial charge in [0, 0.05) is 34.5 Å². The van der Waals surface area contributed by atoms with Crippen molar-refractivity contribution in [1.82, 2.24) is 15.7 Å². The van der Waals surface area contributed by atoms with Crippen molar-refractivity contribution in [3.8, 4) is 11.8 Å². The van der Waals surface area contributed by atoms with Crippen LogP contribution in [0.3, 0.4) is 0 Å². The Morgan fingerprint density at radius 3 is 2.00 bits per heavy atom. The molecule has 0 heterocycles. The van der Waals surface area contributed by atoms with Crippen LogP contribution in [0.5, 0.6) is 0 Å². The molecule has 6 N–H and O–H groups in total. The summed E-state index contributed by atoms with van der Waals surface area (Å²) in [6.45, 7) is 6.28. The van der Waals surface area contributed by atoms with Gasteiger partial charge in [-0.05, 0) is 76.3 Å². The molecule has 2 rings (SSSR count). The maximum atomic E-state index is 12.2. The number of nitrogens with zero attached hydrogens (tertiary/aromatic N) is 1. The van der Waals surface area contributed by atoms with Crippen LogP contribution in [-0.4, -0.2) is 59.5 Å². The topological polar surface area (TPSA) is 137 Å². The van der Waals surface area contributed by atoms with Crippen LogP contribution in [-0.2, 0) is 9.59 Å². The van der Waals surface area contributed by atoms with Crippen molar-refractivity contribution in [2.45, 2.75) is 32.4 Å². The zero-order chi connectivity index (χ0) is 25.3. The van der Waals surface area contributed by atoms with Crippen molar-refractivity contribution in [2.24, 2.45) is 5.73 Å². The fraction of sp³-hybridized carbons (Fsp3) is 0.320. The van der Waals surface area contributed by atoms with Crippen LogP contribution in [0, 0.1) is 11.8 Å². The molecular weight excluding hydrogens is 434 g/mol. The number of hydrogen-bond donors (Lipinski definition) is 5. The number of likely N-dealkylation sites (N-methyl/N-ethyl adjacent to an activating group) is 1. The quantitative estimate of drug-likeness (QED) is 0.238. The van der Waals surface area contributed by atoms with E-state index in [1.807, 2.05) is 44.9 Å². The molecule has 0 saturated carbocycles. The predicted molar refractivity (Wildman–Crippen MR) is 130 cm³/mol. The highest BCUT2D eigenvalue weighted by atomic mass is 16.5. The Labute approximate surface area is 199 Å². The zero-order valence-corrected chi connectivity index (χ0v) is 19.8. The molecule has 2 aromatic carbocycles. The monoisotopic (exact) mass is 465 g/mol. The Bertz CT molecular complexity index is 1060. The highest BCUT2D eigenvalue weighted by Gasteiger charge is 2.20. The van der Waals surface area contributed by atoms with Crippen molar-refractivity contribution in [2.75, 3.05) is 25.5 Å². The highest BCUT2D eigenvalue weighted by molar-refractivity contribution is 5.97. The van der Waals surface area contributed by atoms with E-state index in [4.69, 9.17) is 10.9 Å². The molecule has 3 amide bonds. The van der Waals surface area contributed by atoms with E-state index in [0.717, 1.165) is 5.56 Å². The highest BCUT2D eigenvalue weighted by Crippen LogP contribution is 2.12. The Balaban J connectivity index is 1.96. The van der Waals surface area contributed by atoms with Gasteiger partial charge in [-0.1, -0.05) is 11.8 Å². The minimum absolute atomic E-state index is 0.0878. The van der Waals surface area contributed by atoms with Gasteiger partial charge < -0.3 is 16.4 Å². The molecule has 2 aromatic rings. The summed E-state index contributed by atoms with van der Waals surface area (Å²) in [5.74, 6) is 4.68. The van der Waals surface area contributed by atoms with Gasteiger partial charge in [0.25, 0.3) is 11.8 Å². The van der Waals surface area contributed by atoms with E-state index in [1.54, 1.807) is 36.4 Å². The second kappa shape index (κ2) is 12.0. The van der Waals surface area contributed by atoms with E-state index < -0.39 is 17.9 Å². The number of anilines is 1. The molecule has 9 heteroatoms. The number of hydroxylamine groups is 1. The smallest absolute Gasteiger partial charge is 0.267 e. The predicted octanol–water partition coefficient (Wildman–Crippen LogP) is 1.32. The molecule has 1 atom stereocenters. The molecule has 0 saturated heterocycles. The number of nitrogens with two attached hydrogens (primary N) is 1. The molecule has 34 heavy (non-hydrogen) atoms. The second-order valence-corrected chi connectivity index (χ2v) is 8.72. The molecule has 0 spiro atoms. The van der Waals surface area contributed by atoms with Crippen molar-refractivity contribution >= 4 is 23.4 Å². The molecule has 0 aliphatic rings. The molecule has 0 aliphatic carbocycles. The second-order valence-electron chi connectivity index (χ2n) is 8.72. The van der Waals surface area contributed by atoms with Crippen LogP contribution in [0.2, 0.25) is 0 Å². The SMILES string of the molecule is CN(CC(=O)Nc1ccc(C#Cc2ccc(C(=O)N[C@@H](CN)C(=O)NO)cc2)cc1)C(C)(C)C. The normalized spacial score (nSPS) is 11.7. The van der Waals surface area contributed by atoms with E-state index in [1.165, 1.54) is 5.48 Å².